The summed E-state index contributed by atoms with van der Waals surface area (Å²) in [5.74, 6) is 7.29. The van der Waals surface area contributed by atoms with E-state index in [0.29, 0.717) is 29.7 Å². The summed E-state index contributed by atoms with van der Waals surface area (Å²) in [6, 6.07) is 13.6. The predicted molar refractivity (Wildman–Crippen MR) is 110 cm³/mol. The van der Waals surface area contributed by atoms with Gasteiger partial charge in [-0.25, -0.2) is 15.0 Å². The predicted octanol–water partition coefficient (Wildman–Crippen LogP) is 3.54. The maximum atomic E-state index is 6.14. The van der Waals surface area contributed by atoms with Gasteiger partial charge in [-0.2, -0.15) is 0 Å². The number of rotatable bonds is 4. The third kappa shape index (κ3) is 4.47. The van der Waals surface area contributed by atoms with E-state index in [9.17, 15) is 0 Å². The van der Waals surface area contributed by atoms with Crippen molar-refractivity contribution in [2.24, 2.45) is 5.92 Å². The molecule has 1 atom stereocenters. The second-order valence-electron chi connectivity index (χ2n) is 7.05. The Morgan fingerprint density at radius 2 is 2.00 bits per heavy atom. The highest BCUT2D eigenvalue weighted by Gasteiger charge is 2.20. The monoisotopic (exact) mass is 372 g/mol. The van der Waals surface area contributed by atoms with Crippen LogP contribution >= 0.6 is 0 Å². The van der Waals surface area contributed by atoms with Crippen molar-refractivity contribution < 1.29 is 4.74 Å². The van der Waals surface area contributed by atoms with Crippen LogP contribution in [0.1, 0.15) is 31.0 Å². The van der Waals surface area contributed by atoms with E-state index in [1.54, 1.807) is 6.20 Å². The molecule has 0 bridgehead atoms. The SMILES string of the molecule is CCN1CCCC(COc2nc3cccnc3nc2C#Cc2ccccc2)C1. The van der Waals surface area contributed by atoms with Gasteiger partial charge in [0.2, 0.25) is 5.88 Å². The Morgan fingerprint density at radius 1 is 1.11 bits per heavy atom. The summed E-state index contributed by atoms with van der Waals surface area (Å²) in [6.45, 7) is 6.19. The van der Waals surface area contributed by atoms with Crippen LogP contribution in [0.25, 0.3) is 11.2 Å². The third-order valence-electron chi connectivity index (χ3n) is 5.01. The number of nitrogens with zero attached hydrogens (tertiary/aromatic N) is 4. The fourth-order valence-electron chi connectivity index (χ4n) is 3.48. The summed E-state index contributed by atoms with van der Waals surface area (Å²) in [7, 11) is 0. The van der Waals surface area contributed by atoms with Gasteiger partial charge in [0.1, 0.15) is 5.52 Å². The Balaban J connectivity index is 1.59. The van der Waals surface area contributed by atoms with E-state index < -0.39 is 0 Å². The summed E-state index contributed by atoms with van der Waals surface area (Å²) in [6.07, 6.45) is 4.12. The van der Waals surface area contributed by atoms with Gasteiger partial charge in [0.25, 0.3) is 0 Å². The van der Waals surface area contributed by atoms with Gasteiger partial charge in [-0.15, -0.1) is 0 Å². The zero-order valence-corrected chi connectivity index (χ0v) is 16.1. The molecule has 28 heavy (non-hydrogen) atoms. The second kappa shape index (κ2) is 8.81. The zero-order valence-electron chi connectivity index (χ0n) is 16.1. The lowest BCUT2D eigenvalue weighted by molar-refractivity contribution is 0.132. The molecule has 0 spiro atoms. The molecule has 0 saturated carbocycles. The van der Waals surface area contributed by atoms with Gasteiger partial charge in [0, 0.05) is 24.2 Å². The highest BCUT2D eigenvalue weighted by Crippen LogP contribution is 2.21. The van der Waals surface area contributed by atoms with Gasteiger partial charge in [0.15, 0.2) is 11.3 Å². The maximum Gasteiger partial charge on any atom is 0.249 e. The molecule has 4 rings (SSSR count). The highest BCUT2D eigenvalue weighted by atomic mass is 16.5. The van der Waals surface area contributed by atoms with E-state index in [2.05, 4.69) is 38.6 Å². The first kappa shape index (κ1) is 18.4. The van der Waals surface area contributed by atoms with Crippen molar-refractivity contribution in [3.05, 3.63) is 59.9 Å². The quantitative estimate of drug-likeness (QED) is 0.656. The first-order valence-corrected chi connectivity index (χ1v) is 9.87. The average Bonchev–Trinajstić information content (AvgIpc) is 2.76. The summed E-state index contributed by atoms with van der Waals surface area (Å²) in [5.41, 5.74) is 2.78. The average molecular weight is 372 g/mol. The molecular formula is C23H24N4O. The first-order valence-electron chi connectivity index (χ1n) is 9.87. The molecule has 3 heterocycles. The van der Waals surface area contributed by atoms with Crippen LogP contribution in [0.3, 0.4) is 0 Å². The lowest BCUT2D eigenvalue weighted by atomic mass is 9.99. The molecule has 5 nitrogen and oxygen atoms in total. The summed E-state index contributed by atoms with van der Waals surface area (Å²) < 4.78 is 6.14. The third-order valence-corrected chi connectivity index (χ3v) is 5.01. The lowest BCUT2D eigenvalue weighted by Gasteiger charge is -2.31. The van der Waals surface area contributed by atoms with Crippen LogP contribution in [-0.4, -0.2) is 46.1 Å². The highest BCUT2D eigenvalue weighted by molar-refractivity contribution is 5.71. The Hall–Kier alpha value is -2.97. The van der Waals surface area contributed by atoms with Crippen LogP contribution < -0.4 is 4.74 Å². The van der Waals surface area contributed by atoms with E-state index in [0.717, 1.165) is 24.2 Å². The van der Waals surface area contributed by atoms with Gasteiger partial charge in [0.05, 0.1) is 6.61 Å². The van der Waals surface area contributed by atoms with Gasteiger partial charge >= 0.3 is 0 Å². The fraction of sp³-hybridized carbons (Fsp3) is 0.348. The Labute approximate surface area is 165 Å². The van der Waals surface area contributed by atoms with E-state index in [1.165, 1.54) is 19.4 Å². The van der Waals surface area contributed by atoms with Gasteiger partial charge in [-0.3, -0.25) is 0 Å². The van der Waals surface area contributed by atoms with Crippen LogP contribution in [0.4, 0.5) is 0 Å². The van der Waals surface area contributed by atoms with E-state index >= 15 is 0 Å². The number of hydrogen-bond acceptors (Lipinski definition) is 5. The van der Waals surface area contributed by atoms with Gasteiger partial charge < -0.3 is 9.64 Å². The standard InChI is InChI=1S/C23H24N4O/c1-2-27-15-7-10-19(16-27)17-28-23-21(13-12-18-8-4-3-5-9-18)25-22-20(26-23)11-6-14-24-22/h3-6,8-9,11,14,19H,2,7,10,15-17H2,1H3. The largest absolute Gasteiger partial charge is 0.475 e. The number of piperidine rings is 1. The minimum absolute atomic E-state index is 0.498. The van der Waals surface area contributed by atoms with Crippen LogP contribution in [0.2, 0.25) is 0 Å². The molecule has 142 valence electrons. The number of aromatic nitrogens is 3. The van der Waals surface area contributed by atoms with Crippen molar-refractivity contribution >= 4 is 11.2 Å². The van der Waals surface area contributed by atoms with Crippen molar-refractivity contribution in [3.8, 4) is 17.7 Å². The molecular weight excluding hydrogens is 348 g/mol. The molecule has 1 aliphatic heterocycles. The molecule has 1 saturated heterocycles. The van der Waals surface area contributed by atoms with Crippen molar-refractivity contribution in [1.29, 1.82) is 0 Å². The Kier molecular flexibility index (Phi) is 5.79. The van der Waals surface area contributed by atoms with Crippen molar-refractivity contribution in [2.45, 2.75) is 19.8 Å². The fourth-order valence-corrected chi connectivity index (χ4v) is 3.48. The molecule has 0 aliphatic carbocycles. The van der Waals surface area contributed by atoms with Gasteiger partial charge in [-0.05, 0) is 56.1 Å². The van der Waals surface area contributed by atoms with Crippen molar-refractivity contribution in [1.82, 2.24) is 19.9 Å². The number of likely N-dealkylation sites (tertiary alicyclic amines) is 1. The Morgan fingerprint density at radius 3 is 2.86 bits per heavy atom. The molecule has 0 radical (unpaired) electrons. The maximum absolute atomic E-state index is 6.14. The molecule has 3 aromatic rings. The number of fused-ring (bicyclic) bond motifs is 1. The summed E-state index contributed by atoms with van der Waals surface area (Å²) in [5, 5.41) is 0. The molecule has 1 aromatic carbocycles. The number of hydrogen-bond donors (Lipinski definition) is 0. The van der Waals surface area contributed by atoms with Crippen LogP contribution in [0, 0.1) is 17.8 Å². The minimum atomic E-state index is 0.498. The molecule has 2 aromatic heterocycles. The minimum Gasteiger partial charge on any atom is -0.475 e. The van der Waals surface area contributed by atoms with Crippen LogP contribution in [-0.2, 0) is 0 Å². The lowest BCUT2D eigenvalue weighted by Crippen LogP contribution is -2.37. The molecule has 0 N–H and O–H groups in total. The molecule has 1 fully saturated rings. The Bertz CT molecular complexity index is 994. The van der Waals surface area contributed by atoms with E-state index in [4.69, 9.17) is 4.74 Å². The molecule has 0 amide bonds. The zero-order chi connectivity index (χ0) is 19.2. The first-order chi connectivity index (χ1) is 13.8. The van der Waals surface area contributed by atoms with Crippen LogP contribution in [0.15, 0.2) is 48.7 Å². The van der Waals surface area contributed by atoms with Crippen molar-refractivity contribution in [3.63, 3.8) is 0 Å². The smallest absolute Gasteiger partial charge is 0.249 e. The van der Waals surface area contributed by atoms with Crippen molar-refractivity contribution in [2.75, 3.05) is 26.2 Å². The van der Waals surface area contributed by atoms with Gasteiger partial charge in [-0.1, -0.05) is 31.0 Å². The number of benzene rings is 1. The molecule has 1 unspecified atom stereocenters. The molecule has 1 aliphatic rings. The summed E-state index contributed by atoms with van der Waals surface area (Å²) in [4.78, 5) is 16.0. The normalized spacial score (nSPS) is 17.1. The number of ether oxygens (including phenoxy) is 1. The van der Waals surface area contributed by atoms with E-state index in [-0.39, 0.29) is 0 Å². The van der Waals surface area contributed by atoms with Crippen LogP contribution in [0.5, 0.6) is 5.88 Å². The summed E-state index contributed by atoms with van der Waals surface area (Å²) >= 11 is 0. The van der Waals surface area contributed by atoms with E-state index in [1.807, 2.05) is 42.5 Å². The topological polar surface area (TPSA) is 51.1 Å². The molecule has 5 heteroatoms. The second-order valence-corrected chi connectivity index (χ2v) is 7.05. The number of pyridine rings is 1.